The summed E-state index contributed by atoms with van der Waals surface area (Å²) in [6.45, 7) is 1.81. The highest BCUT2D eigenvalue weighted by atomic mass is 32.2. The van der Waals surface area contributed by atoms with Crippen molar-refractivity contribution in [2.45, 2.75) is 30.9 Å². The minimum atomic E-state index is -0.495. The molecule has 9 heteroatoms. The molecule has 0 aliphatic carbocycles. The maximum absolute atomic E-state index is 12.5. The molecular weight excluding hydrogens is 438 g/mol. The van der Waals surface area contributed by atoms with E-state index < -0.39 is 5.25 Å². The first kappa shape index (κ1) is 22.6. The van der Waals surface area contributed by atoms with Gasteiger partial charge in [0.2, 0.25) is 5.91 Å². The van der Waals surface area contributed by atoms with Crippen LogP contribution >= 0.6 is 11.8 Å². The zero-order chi connectivity index (χ0) is 23.2. The quantitative estimate of drug-likeness (QED) is 0.681. The van der Waals surface area contributed by atoms with Crippen molar-refractivity contribution in [2.75, 3.05) is 23.7 Å². The Morgan fingerprint density at radius 3 is 2.33 bits per heavy atom. The Hall–Kier alpha value is -3.64. The average Bonchev–Trinajstić information content (AvgIpc) is 3.46. The lowest BCUT2D eigenvalue weighted by atomic mass is 10.1. The maximum atomic E-state index is 12.5. The van der Waals surface area contributed by atoms with Crippen molar-refractivity contribution in [1.82, 2.24) is 4.90 Å². The number of amides is 3. The van der Waals surface area contributed by atoms with Crippen molar-refractivity contribution >= 4 is 46.0 Å². The summed E-state index contributed by atoms with van der Waals surface area (Å²) >= 11 is 1.36. The molecule has 2 heterocycles. The molecular formula is C24H23N5O3S. The van der Waals surface area contributed by atoms with Gasteiger partial charge in [0, 0.05) is 36.4 Å². The number of hydrogen-bond donors (Lipinski definition) is 2. The van der Waals surface area contributed by atoms with Crippen LogP contribution in [0.15, 0.2) is 53.5 Å². The number of amidine groups is 1. The van der Waals surface area contributed by atoms with E-state index in [1.54, 1.807) is 48.5 Å². The molecule has 0 saturated carbocycles. The summed E-state index contributed by atoms with van der Waals surface area (Å²) < 4.78 is 0. The number of nitrogens with one attached hydrogen (secondary N) is 2. The van der Waals surface area contributed by atoms with Crippen molar-refractivity contribution in [3.05, 3.63) is 59.7 Å². The number of nitrogens with zero attached hydrogens (tertiary/aromatic N) is 3. The molecule has 3 amide bonds. The first-order valence-corrected chi connectivity index (χ1v) is 11.6. The predicted molar refractivity (Wildman–Crippen MR) is 128 cm³/mol. The number of benzene rings is 2. The fourth-order valence-electron chi connectivity index (χ4n) is 3.64. The average molecular weight is 462 g/mol. The summed E-state index contributed by atoms with van der Waals surface area (Å²) in [5, 5.41) is 14.5. The summed E-state index contributed by atoms with van der Waals surface area (Å²) in [6, 6.07) is 15.7. The highest BCUT2D eigenvalue weighted by molar-refractivity contribution is 8.15. The van der Waals surface area contributed by atoms with Gasteiger partial charge in [0.05, 0.1) is 12.5 Å². The van der Waals surface area contributed by atoms with Crippen LogP contribution in [0.4, 0.5) is 11.4 Å². The van der Waals surface area contributed by atoms with Gasteiger partial charge < -0.3 is 15.5 Å². The lowest BCUT2D eigenvalue weighted by molar-refractivity contribution is -0.121. The largest absolute Gasteiger partial charge is 0.351 e. The molecule has 8 nitrogen and oxygen atoms in total. The van der Waals surface area contributed by atoms with Crippen LogP contribution in [0, 0.1) is 11.3 Å². The van der Waals surface area contributed by atoms with E-state index in [9.17, 15) is 14.4 Å². The van der Waals surface area contributed by atoms with Crippen LogP contribution in [0.5, 0.6) is 0 Å². The third-order valence-electron chi connectivity index (χ3n) is 5.40. The van der Waals surface area contributed by atoms with Crippen molar-refractivity contribution in [3.63, 3.8) is 0 Å². The van der Waals surface area contributed by atoms with Gasteiger partial charge in [0.15, 0.2) is 5.17 Å². The number of thioether (sulfide) groups is 1. The number of carbonyl (C=O) groups is 3. The normalized spacial score (nSPS) is 17.4. The molecule has 2 aromatic rings. The van der Waals surface area contributed by atoms with Crippen LogP contribution in [0.1, 0.15) is 35.2 Å². The van der Waals surface area contributed by atoms with E-state index in [4.69, 9.17) is 5.26 Å². The molecule has 1 fully saturated rings. The Balaban J connectivity index is 1.27. The molecule has 0 aromatic heterocycles. The number of rotatable bonds is 6. The van der Waals surface area contributed by atoms with Crippen molar-refractivity contribution in [2.24, 2.45) is 4.99 Å². The molecule has 1 unspecified atom stereocenters. The smallest absolute Gasteiger partial charge is 0.262 e. The molecule has 2 aliphatic rings. The van der Waals surface area contributed by atoms with Gasteiger partial charge in [-0.3, -0.25) is 14.4 Å². The third kappa shape index (κ3) is 5.79. The highest BCUT2D eigenvalue weighted by Gasteiger charge is 2.33. The van der Waals surface area contributed by atoms with Gasteiger partial charge >= 0.3 is 0 Å². The Morgan fingerprint density at radius 1 is 1.03 bits per heavy atom. The number of likely N-dealkylation sites (tertiary alicyclic amines) is 1. The molecule has 0 spiro atoms. The SMILES string of the molecule is N#CCc1ccc(NC(=O)c2ccc(NC(=O)CC3SC(N4CCCC4)=NC3=O)cc2)cc1. The van der Waals surface area contributed by atoms with Crippen LogP contribution in [0.2, 0.25) is 0 Å². The van der Waals surface area contributed by atoms with Crippen LogP contribution in [-0.4, -0.2) is 46.1 Å². The fourth-order valence-corrected chi connectivity index (χ4v) is 4.76. The van der Waals surface area contributed by atoms with Crippen LogP contribution in [0.3, 0.4) is 0 Å². The Morgan fingerprint density at radius 2 is 1.67 bits per heavy atom. The summed E-state index contributed by atoms with van der Waals surface area (Å²) in [5.74, 6) is -0.807. The first-order chi connectivity index (χ1) is 16.0. The van der Waals surface area contributed by atoms with Gasteiger partial charge in [-0.1, -0.05) is 23.9 Å². The van der Waals surface area contributed by atoms with Gasteiger partial charge in [-0.05, 0) is 54.8 Å². The number of hydrogen-bond acceptors (Lipinski definition) is 6. The Bertz CT molecular complexity index is 1120. The second kappa shape index (κ2) is 10.3. The highest BCUT2D eigenvalue weighted by Crippen LogP contribution is 2.29. The second-order valence-electron chi connectivity index (χ2n) is 7.85. The van der Waals surface area contributed by atoms with E-state index in [-0.39, 0.29) is 24.1 Å². The van der Waals surface area contributed by atoms with Crippen LogP contribution in [0.25, 0.3) is 0 Å². The van der Waals surface area contributed by atoms with E-state index in [2.05, 4.69) is 26.6 Å². The molecule has 1 atom stereocenters. The van der Waals surface area contributed by atoms with E-state index in [0.29, 0.717) is 23.4 Å². The fraction of sp³-hybridized carbons (Fsp3) is 0.292. The zero-order valence-electron chi connectivity index (χ0n) is 17.9. The number of nitriles is 1. The molecule has 2 aliphatic heterocycles. The van der Waals surface area contributed by atoms with Crippen molar-refractivity contribution < 1.29 is 14.4 Å². The molecule has 0 radical (unpaired) electrons. The molecule has 168 valence electrons. The van der Waals surface area contributed by atoms with Gasteiger partial charge in [-0.2, -0.15) is 10.3 Å². The maximum Gasteiger partial charge on any atom is 0.262 e. The number of anilines is 2. The molecule has 1 saturated heterocycles. The third-order valence-corrected chi connectivity index (χ3v) is 6.62. The van der Waals surface area contributed by atoms with Gasteiger partial charge in [0.25, 0.3) is 11.8 Å². The van der Waals surface area contributed by atoms with Gasteiger partial charge in [-0.25, -0.2) is 0 Å². The second-order valence-corrected chi connectivity index (χ2v) is 9.02. The van der Waals surface area contributed by atoms with E-state index in [1.165, 1.54) is 11.8 Å². The van der Waals surface area contributed by atoms with Gasteiger partial charge in [-0.15, -0.1) is 0 Å². The topological polar surface area (TPSA) is 115 Å². The van der Waals surface area contributed by atoms with Crippen LogP contribution < -0.4 is 10.6 Å². The summed E-state index contributed by atoms with van der Waals surface area (Å²) in [6.07, 6.45) is 2.57. The lowest BCUT2D eigenvalue weighted by Crippen LogP contribution is -2.25. The predicted octanol–water partition coefficient (Wildman–Crippen LogP) is 3.43. The summed E-state index contributed by atoms with van der Waals surface area (Å²) in [5.41, 5.74) is 2.51. The summed E-state index contributed by atoms with van der Waals surface area (Å²) in [4.78, 5) is 43.3. The van der Waals surface area contributed by atoms with E-state index in [0.717, 1.165) is 36.7 Å². The Kier molecular flexibility index (Phi) is 7.05. The van der Waals surface area contributed by atoms with Gasteiger partial charge in [0.1, 0.15) is 5.25 Å². The van der Waals surface area contributed by atoms with Crippen molar-refractivity contribution in [3.8, 4) is 6.07 Å². The molecule has 4 rings (SSSR count). The molecule has 0 bridgehead atoms. The number of carbonyl (C=O) groups excluding carboxylic acids is 3. The standard InChI is InChI=1S/C24H23N5O3S/c25-12-11-16-3-7-19(8-4-16)27-22(31)17-5-9-18(10-6-17)26-21(30)15-20-23(32)28-24(33-20)29-13-1-2-14-29/h3-10,20H,1-2,11,13-15H2,(H,26,30)(H,27,31). The first-order valence-electron chi connectivity index (χ1n) is 10.7. The minimum Gasteiger partial charge on any atom is -0.351 e. The molecule has 33 heavy (non-hydrogen) atoms. The van der Waals surface area contributed by atoms with Crippen LogP contribution in [-0.2, 0) is 16.0 Å². The monoisotopic (exact) mass is 461 g/mol. The molecule has 2 aromatic carbocycles. The number of aliphatic imine (C=N–C) groups is 1. The summed E-state index contributed by atoms with van der Waals surface area (Å²) in [7, 11) is 0. The lowest BCUT2D eigenvalue weighted by Gasteiger charge is -2.16. The van der Waals surface area contributed by atoms with E-state index >= 15 is 0 Å². The van der Waals surface area contributed by atoms with Crippen molar-refractivity contribution in [1.29, 1.82) is 5.26 Å². The minimum absolute atomic E-state index is 0.0500. The zero-order valence-corrected chi connectivity index (χ0v) is 18.7. The molecule has 2 N–H and O–H groups in total. The van der Waals surface area contributed by atoms with E-state index in [1.807, 2.05) is 0 Å². The Labute approximate surface area is 196 Å².